The van der Waals surface area contributed by atoms with Crippen molar-refractivity contribution in [1.82, 2.24) is 5.01 Å². The summed E-state index contributed by atoms with van der Waals surface area (Å²) in [6.07, 6.45) is 6.35. The van der Waals surface area contributed by atoms with E-state index in [0.29, 0.717) is 5.56 Å². The van der Waals surface area contributed by atoms with Gasteiger partial charge in [0.15, 0.2) is 0 Å². The van der Waals surface area contributed by atoms with Crippen LogP contribution in [-0.2, 0) is 9.59 Å². The Morgan fingerprint density at radius 3 is 2.45 bits per heavy atom. The number of nitrogens with zero attached hydrogens (tertiary/aromatic N) is 2. The fraction of sp³-hybridized carbons (Fsp3) is 0.312. The number of hydrogen-bond donors (Lipinski definition) is 1. The molecular weight excluding hydrogens is 348 g/mol. The highest BCUT2D eigenvalue weighted by atomic mass is 79.9. The number of rotatable bonds is 2. The lowest BCUT2D eigenvalue weighted by molar-refractivity contribution is -0.140. The molecule has 2 aliphatic carbocycles. The molecule has 1 saturated heterocycles. The number of carbonyl (C=O) groups is 2. The van der Waals surface area contributed by atoms with Crippen molar-refractivity contribution in [3.63, 3.8) is 0 Å². The van der Waals surface area contributed by atoms with Gasteiger partial charge in [-0.3, -0.25) is 9.59 Å². The maximum Gasteiger partial charge on any atom is 0.254 e. The second-order valence-corrected chi connectivity index (χ2v) is 6.85. The van der Waals surface area contributed by atoms with Crippen LogP contribution in [0.1, 0.15) is 12.0 Å². The first-order chi connectivity index (χ1) is 10.6. The average molecular weight is 361 g/mol. The van der Waals surface area contributed by atoms with E-state index in [-0.39, 0.29) is 41.2 Å². The zero-order valence-electron chi connectivity index (χ0n) is 11.5. The van der Waals surface area contributed by atoms with Crippen LogP contribution in [0.4, 0.5) is 0 Å². The molecule has 1 heterocycles. The highest BCUT2D eigenvalue weighted by Gasteiger charge is 2.59. The first-order valence-electron chi connectivity index (χ1n) is 7.15. The zero-order valence-corrected chi connectivity index (χ0v) is 13.1. The Hall–Kier alpha value is -1.95. The van der Waals surface area contributed by atoms with Crippen molar-refractivity contribution in [2.75, 3.05) is 0 Å². The van der Waals surface area contributed by atoms with Crippen molar-refractivity contribution in [3.8, 4) is 5.75 Å². The van der Waals surface area contributed by atoms with Gasteiger partial charge in [0, 0.05) is 10.0 Å². The molecule has 1 N–H and O–H groups in total. The molecule has 2 fully saturated rings. The summed E-state index contributed by atoms with van der Waals surface area (Å²) in [4.78, 5) is 24.9. The van der Waals surface area contributed by atoms with Crippen LogP contribution >= 0.6 is 15.9 Å². The van der Waals surface area contributed by atoms with Crippen molar-refractivity contribution >= 4 is 34.0 Å². The minimum absolute atomic E-state index is 0.0491. The summed E-state index contributed by atoms with van der Waals surface area (Å²) in [6.45, 7) is 0. The van der Waals surface area contributed by atoms with Gasteiger partial charge in [-0.1, -0.05) is 28.1 Å². The van der Waals surface area contributed by atoms with E-state index in [0.717, 1.165) is 15.9 Å². The first kappa shape index (κ1) is 13.7. The normalized spacial score (nSPS) is 32.5. The number of phenols is 1. The van der Waals surface area contributed by atoms with Gasteiger partial charge in [0.2, 0.25) is 0 Å². The Morgan fingerprint density at radius 2 is 1.82 bits per heavy atom. The van der Waals surface area contributed by atoms with Crippen molar-refractivity contribution in [2.45, 2.75) is 6.42 Å². The smallest absolute Gasteiger partial charge is 0.254 e. The van der Waals surface area contributed by atoms with E-state index < -0.39 is 0 Å². The monoisotopic (exact) mass is 360 g/mol. The van der Waals surface area contributed by atoms with Gasteiger partial charge in [-0.15, -0.1) is 0 Å². The zero-order chi connectivity index (χ0) is 15.4. The van der Waals surface area contributed by atoms with Gasteiger partial charge >= 0.3 is 0 Å². The molecule has 4 atom stereocenters. The van der Waals surface area contributed by atoms with E-state index in [1.807, 2.05) is 12.2 Å². The second-order valence-electron chi connectivity index (χ2n) is 5.94. The van der Waals surface area contributed by atoms with E-state index in [4.69, 9.17) is 0 Å². The highest BCUT2D eigenvalue weighted by Crippen LogP contribution is 2.52. The lowest BCUT2D eigenvalue weighted by atomic mass is 9.85. The van der Waals surface area contributed by atoms with Crippen LogP contribution in [0.5, 0.6) is 5.75 Å². The molecule has 3 aliphatic rings. The molecule has 4 rings (SSSR count). The second kappa shape index (κ2) is 4.78. The van der Waals surface area contributed by atoms with Crippen LogP contribution in [0.2, 0.25) is 0 Å². The fourth-order valence-electron chi connectivity index (χ4n) is 3.75. The molecule has 0 radical (unpaired) electrons. The van der Waals surface area contributed by atoms with Gasteiger partial charge in [0.1, 0.15) is 5.75 Å². The number of aromatic hydroxyl groups is 1. The summed E-state index contributed by atoms with van der Waals surface area (Å²) < 4.78 is 0.782. The molecule has 0 aromatic heterocycles. The lowest BCUT2D eigenvalue weighted by Crippen LogP contribution is -2.28. The Labute approximate surface area is 135 Å². The van der Waals surface area contributed by atoms with Gasteiger partial charge < -0.3 is 5.11 Å². The molecule has 1 aliphatic heterocycles. The van der Waals surface area contributed by atoms with Crippen LogP contribution in [-0.4, -0.2) is 28.1 Å². The molecule has 1 saturated carbocycles. The third-order valence-corrected chi connectivity index (χ3v) is 5.24. The van der Waals surface area contributed by atoms with E-state index in [9.17, 15) is 14.7 Å². The van der Waals surface area contributed by atoms with Gasteiger partial charge in [0.05, 0.1) is 18.1 Å². The number of benzene rings is 1. The van der Waals surface area contributed by atoms with Crippen LogP contribution < -0.4 is 0 Å². The van der Waals surface area contributed by atoms with E-state index in [1.165, 1.54) is 12.3 Å². The summed E-state index contributed by atoms with van der Waals surface area (Å²) in [5, 5.41) is 14.8. The molecule has 1 aromatic rings. The largest absolute Gasteiger partial charge is 0.507 e. The number of carbonyl (C=O) groups excluding carboxylic acids is 2. The fourth-order valence-corrected chi connectivity index (χ4v) is 4.13. The summed E-state index contributed by atoms with van der Waals surface area (Å²) in [5.74, 6) is -0.563. The molecule has 2 amide bonds. The van der Waals surface area contributed by atoms with Gasteiger partial charge in [-0.05, 0) is 36.5 Å². The molecule has 5 nitrogen and oxygen atoms in total. The number of allylic oxidation sites excluding steroid dienone is 2. The Bertz CT molecular complexity index is 713. The maximum atomic E-state index is 12.4. The predicted octanol–water partition coefficient (Wildman–Crippen LogP) is 2.30. The minimum atomic E-state index is -0.254. The summed E-state index contributed by atoms with van der Waals surface area (Å²) in [5.41, 5.74) is 0.452. The summed E-state index contributed by atoms with van der Waals surface area (Å²) >= 11 is 3.31. The van der Waals surface area contributed by atoms with E-state index >= 15 is 0 Å². The van der Waals surface area contributed by atoms with Crippen molar-refractivity contribution in [2.24, 2.45) is 28.8 Å². The highest BCUT2D eigenvalue weighted by molar-refractivity contribution is 9.10. The molecule has 0 spiro atoms. The van der Waals surface area contributed by atoms with Crippen molar-refractivity contribution in [3.05, 3.63) is 40.4 Å². The standard InChI is InChI=1S/C16H13BrN2O3/c17-11-3-4-12(20)10(6-11)7-18-19-15(21)13-8-1-2-9(5-8)14(13)16(19)22/h1-4,6-9,13-14,20H,5H2/b18-7-/t8-,9-,13-,14-/m0/s1. The van der Waals surface area contributed by atoms with Crippen molar-refractivity contribution in [1.29, 1.82) is 0 Å². The number of halogens is 1. The quantitative estimate of drug-likeness (QED) is 0.499. The summed E-state index contributed by atoms with van der Waals surface area (Å²) in [7, 11) is 0. The first-order valence-corrected chi connectivity index (χ1v) is 7.94. The van der Waals surface area contributed by atoms with Gasteiger partial charge in [0.25, 0.3) is 11.8 Å². The van der Waals surface area contributed by atoms with Gasteiger partial charge in [-0.25, -0.2) is 0 Å². The Balaban J connectivity index is 1.62. The SMILES string of the molecule is O=C1[C@@H]2[C@@H](C(=O)N1/N=C\c1cc(Br)ccc1O)[C@H]1C=C[C@H]2C1. The van der Waals surface area contributed by atoms with Crippen LogP contribution in [0.3, 0.4) is 0 Å². The maximum absolute atomic E-state index is 12.4. The number of phenolic OH excluding ortho intramolecular Hbond substituents is 1. The van der Waals surface area contributed by atoms with E-state index in [2.05, 4.69) is 21.0 Å². The molecule has 2 bridgehead atoms. The Morgan fingerprint density at radius 1 is 1.18 bits per heavy atom. The number of amides is 2. The average Bonchev–Trinajstić information content (AvgIpc) is 3.16. The van der Waals surface area contributed by atoms with Crippen LogP contribution in [0.25, 0.3) is 0 Å². The van der Waals surface area contributed by atoms with E-state index in [1.54, 1.807) is 12.1 Å². The number of imide groups is 1. The molecule has 1 aromatic carbocycles. The predicted molar refractivity (Wildman–Crippen MR) is 83.0 cm³/mol. The third kappa shape index (κ3) is 1.86. The number of hydrogen-bond acceptors (Lipinski definition) is 4. The Kier molecular flexibility index (Phi) is 2.97. The third-order valence-electron chi connectivity index (χ3n) is 4.75. The molecule has 22 heavy (non-hydrogen) atoms. The number of fused-ring (bicyclic) bond motifs is 5. The van der Waals surface area contributed by atoms with Crippen LogP contribution in [0.15, 0.2) is 39.9 Å². The molecular formula is C16H13BrN2O3. The lowest BCUT2D eigenvalue weighted by Gasteiger charge is -2.13. The van der Waals surface area contributed by atoms with Gasteiger partial charge in [-0.2, -0.15) is 10.1 Å². The minimum Gasteiger partial charge on any atom is -0.507 e. The molecule has 0 unspecified atom stereocenters. The van der Waals surface area contributed by atoms with Crippen molar-refractivity contribution < 1.29 is 14.7 Å². The van der Waals surface area contributed by atoms with Crippen LogP contribution in [0, 0.1) is 23.7 Å². The number of hydrazone groups is 1. The topological polar surface area (TPSA) is 70.0 Å². The summed E-state index contributed by atoms with van der Waals surface area (Å²) in [6, 6.07) is 4.90. The molecule has 112 valence electrons. The molecule has 6 heteroatoms.